The molecule has 0 radical (unpaired) electrons. The molecule has 0 aliphatic heterocycles. The van der Waals surface area contributed by atoms with Crippen LogP contribution in [0.3, 0.4) is 0 Å². The summed E-state index contributed by atoms with van der Waals surface area (Å²) < 4.78 is 13.4. The van der Waals surface area contributed by atoms with E-state index in [-0.39, 0.29) is 17.8 Å². The fourth-order valence-electron chi connectivity index (χ4n) is 3.56. The number of hydrogen-bond donors (Lipinski definition) is 2. The zero-order valence-corrected chi connectivity index (χ0v) is 16.1. The average molecular weight is 390 g/mol. The van der Waals surface area contributed by atoms with Crippen molar-refractivity contribution < 1.29 is 9.18 Å². The molecule has 1 fully saturated rings. The topological polar surface area (TPSA) is 66.9 Å². The lowest BCUT2D eigenvalue weighted by Gasteiger charge is -2.22. The van der Waals surface area contributed by atoms with Crippen LogP contribution in [0.4, 0.5) is 15.9 Å². The van der Waals surface area contributed by atoms with Crippen LogP contribution >= 0.6 is 0 Å². The lowest BCUT2D eigenvalue weighted by Crippen LogP contribution is -2.36. The average Bonchev–Trinajstić information content (AvgIpc) is 2.75. The zero-order valence-electron chi connectivity index (χ0n) is 16.1. The van der Waals surface area contributed by atoms with E-state index in [0.717, 1.165) is 18.5 Å². The predicted octanol–water partition coefficient (Wildman–Crippen LogP) is 5.09. The van der Waals surface area contributed by atoms with Crippen molar-refractivity contribution in [2.24, 2.45) is 0 Å². The Morgan fingerprint density at radius 1 is 1.00 bits per heavy atom. The molecule has 0 spiro atoms. The fourth-order valence-corrected chi connectivity index (χ4v) is 3.56. The molecule has 1 heterocycles. The number of hydrogen-bond acceptors (Lipinski definition) is 4. The van der Waals surface area contributed by atoms with Crippen LogP contribution in [0.2, 0.25) is 0 Å². The molecule has 1 aliphatic carbocycles. The summed E-state index contributed by atoms with van der Waals surface area (Å²) in [5.74, 6) is 0.682. The van der Waals surface area contributed by atoms with Gasteiger partial charge in [-0.2, -0.15) is 0 Å². The van der Waals surface area contributed by atoms with E-state index in [0.29, 0.717) is 22.8 Å². The lowest BCUT2D eigenvalue weighted by atomic mass is 9.95. The number of benzene rings is 2. The molecule has 6 heteroatoms. The smallest absolute Gasteiger partial charge is 0.251 e. The van der Waals surface area contributed by atoms with Gasteiger partial charge in [-0.1, -0.05) is 31.4 Å². The number of anilines is 2. The first kappa shape index (κ1) is 19.1. The molecule has 29 heavy (non-hydrogen) atoms. The molecule has 5 nitrogen and oxygen atoms in total. The number of carbonyl (C=O) groups excluding carboxylic acids is 1. The Labute approximate surface area is 169 Å². The third-order valence-corrected chi connectivity index (χ3v) is 5.10. The van der Waals surface area contributed by atoms with Crippen LogP contribution in [0.25, 0.3) is 11.4 Å². The van der Waals surface area contributed by atoms with E-state index in [2.05, 4.69) is 20.6 Å². The highest BCUT2D eigenvalue weighted by atomic mass is 19.1. The molecule has 0 bridgehead atoms. The van der Waals surface area contributed by atoms with E-state index in [1.807, 2.05) is 12.1 Å². The Morgan fingerprint density at radius 2 is 1.79 bits per heavy atom. The molecular weight excluding hydrogens is 367 g/mol. The van der Waals surface area contributed by atoms with Crippen molar-refractivity contribution in [3.63, 3.8) is 0 Å². The van der Waals surface area contributed by atoms with Gasteiger partial charge in [-0.15, -0.1) is 0 Å². The van der Waals surface area contributed by atoms with Crippen LogP contribution in [0.5, 0.6) is 0 Å². The maximum absolute atomic E-state index is 13.4. The number of nitrogens with zero attached hydrogens (tertiary/aromatic N) is 2. The predicted molar refractivity (Wildman–Crippen MR) is 111 cm³/mol. The van der Waals surface area contributed by atoms with Crippen molar-refractivity contribution in [1.29, 1.82) is 0 Å². The van der Waals surface area contributed by atoms with Crippen molar-refractivity contribution in [3.8, 4) is 11.4 Å². The summed E-state index contributed by atoms with van der Waals surface area (Å²) in [6.45, 7) is 0. The molecular formula is C23H23FN4O. The van der Waals surface area contributed by atoms with Gasteiger partial charge >= 0.3 is 0 Å². The van der Waals surface area contributed by atoms with Gasteiger partial charge in [-0.05, 0) is 55.3 Å². The summed E-state index contributed by atoms with van der Waals surface area (Å²) in [7, 11) is 0. The normalized spacial score (nSPS) is 14.4. The van der Waals surface area contributed by atoms with E-state index in [4.69, 9.17) is 0 Å². The van der Waals surface area contributed by atoms with Crippen LogP contribution in [0.15, 0.2) is 60.8 Å². The van der Waals surface area contributed by atoms with Gasteiger partial charge in [-0.25, -0.2) is 14.4 Å². The van der Waals surface area contributed by atoms with Gasteiger partial charge in [0.25, 0.3) is 5.91 Å². The first-order valence-electron chi connectivity index (χ1n) is 9.94. The van der Waals surface area contributed by atoms with Crippen molar-refractivity contribution in [1.82, 2.24) is 15.3 Å². The zero-order chi connectivity index (χ0) is 20.1. The molecule has 0 atom stereocenters. The lowest BCUT2D eigenvalue weighted by molar-refractivity contribution is 0.0927. The minimum Gasteiger partial charge on any atom is -0.349 e. The van der Waals surface area contributed by atoms with Gasteiger partial charge < -0.3 is 10.6 Å². The Bertz CT molecular complexity index is 984. The highest BCUT2D eigenvalue weighted by Gasteiger charge is 2.16. The fraction of sp³-hybridized carbons (Fsp3) is 0.261. The van der Waals surface area contributed by atoms with Crippen molar-refractivity contribution in [3.05, 3.63) is 72.2 Å². The maximum atomic E-state index is 13.4. The van der Waals surface area contributed by atoms with Gasteiger partial charge in [-0.3, -0.25) is 4.79 Å². The Hall–Kier alpha value is -3.28. The second kappa shape index (κ2) is 8.82. The van der Waals surface area contributed by atoms with E-state index < -0.39 is 0 Å². The number of amides is 1. The van der Waals surface area contributed by atoms with Crippen molar-refractivity contribution in [2.75, 3.05) is 5.32 Å². The first-order chi connectivity index (χ1) is 14.2. The summed E-state index contributed by atoms with van der Waals surface area (Å²) in [6.07, 6.45) is 7.38. The minimum absolute atomic E-state index is 0.0288. The summed E-state index contributed by atoms with van der Waals surface area (Å²) in [6, 6.07) is 15.5. The van der Waals surface area contributed by atoms with Crippen LogP contribution in [-0.2, 0) is 0 Å². The molecule has 0 unspecified atom stereocenters. The van der Waals surface area contributed by atoms with E-state index in [1.54, 1.807) is 36.5 Å². The quantitative estimate of drug-likeness (QED) is 0.637. The van der Waals surface area contributed by atoms with Gasteiger partial charge in [0, 0.05) is 29.1 Å². The van der Waals surface area contributed by atoms with Crippen LogP contribution in [0.1, 0.15) is 42.5 Å². The SMILES string of the molecule is O=C(NC1CCCCC1)c1ccc(Nc2ccnc(-c3cccc(F)c3)n2)cc1. The number of rotatable bonds is 5. The van der Waals surface area contributed by atoms with Gasteiger partial charge in [0.2, 0.25) is 0 Å². The third kappa shape index (κ3) is 4.96. The maximum Gasteiger partial charge on any atom is 0.251 e. The number of aromatic nitrogens is 2. The number of halogens is 1. The standard InChI is InChI=1S/C23H23FN4O/c24-18-6-4-5-17(15-18)22-25-14-13-21(28-22)26-20-11-9-16(10-12-20)23(29)27-19-7-2-1-3-8-19/h4-6,9-15,19H,1-3,7-8H2,(H,27,29)(H,25,26,28). The number of nitrogens with one attached hydrogen (secondary N) is 2. The molecule has 1 aromatic heterocycles. The van der Waals surface area contributed by atoms with Crippen molar-refractivity contribution >= 4 is 17.4 Å². The van der Waals surface area contributed by atoms with Crippen molar-refractivity contribution in [2.45, 2.75) is 38.1 Å². The van der Waals surface area contributed by atoms with Crippen LogP contribution in [-0.4, -0.2) is 21.9 Å². The third-order valence-electron chi connectivity index (χ3n) is 5.10. The molecule has 2 N–H and O–H groups in total. The molecule has 3 aromatic rings. The van der Waals surface area contributed by atoms with Gasteiger partial charge in [0.15, 0.2) is 5.82 Å². The van der Waals surface area contributed by atoms with E-state index >= 15 is 0 Å². The number of carbonyl (C=O) groups is 1. The van der Waals surface area contributed by atoms with E-state index in [9.17, 15) is 9.18 Å². The minimum atomic E-state index is -0.327. The Kier molecular flexibility index (Phi) is 5.79. The molecule has 4 rings (SSSR count). The van der Waals surface area contributed by atoms with E-state index in [1.165, 1.54) is 31.4 Å². The van der Waals surface area contributed by atoms with Gasteiger partial charge in [0.05, 0.1) is 0 Å². The summed E-state index contributed by atoms with van der Waals surface area (Å²) in [5.41, 5.74) is 2.07. The summed E-state index contributed by atoms with van der Waals surface area (Å²) in [5, 5.41) is 6.32. The second-order valence-corrected chi connectivity index (χ2v) is 7.29. The summed E-state index contributed by atoms with van der Waals surface area (Å²) in [4.78, 5) is 21.1. The highest BCUT2D eigenvalue weighted by molar-refractivity contribution is 5.94. The molecule has 1 aliphatic rings. The largest absolute Gasteiger partial charge is 0.349 e. The van der Waals surface area contributed by atoms with Crippen LogP contribution < -0.4 is 10.6 Å². The monoisotopic (exact) mass is 390 g/mol. The molecule has 1 amide bonds. The molecule has 2 aromatic carbocycles. The Morgan fingerprint density at radius 3 is 2.55 bits per heavy atom. The molecule has 1 saturated carbocycles. The highest BCUT2D eigenvalue weighted by Crippen LogP contribution is 2.21. The first-order valence-corrected chi connectivity index (χ1v) is 9.94. The van der Waals surface area contributed by atoms with Gasteiger partial charge in [0.1, 0.15) is 11.6 Å². The summed E-state index contributed by atoms with van der Waals surface area (Å²) >= 11 is 0. The second-order valence-electron chi connectivity index (χ2n) is 7.29. The Balaban J connectivity index is 1.42. The molecule has 0 saturated heterocycles. The van der Waals surface area contributed by atoms with Crippen LogP contribution in [0, 0.1) is 5.82 Å². The molecule has 148 valence electrons.